The normalized spacial score (nSPS) is 10.5. The monoisotopic (exact) mass is 278 g/mol. The van der Waals surface area contributed by atoms with Crippen molar-refractivity contribution >= 4 is 22.6 Å². The molecule has 0 aliphatic carbocycles. The van der Waals surface area contributed by atoms with Crippen molar-refractivity contribution in [2.45, 2.75) is 39.0 Å². The zero-order valence-electron chi connectivity index (χ0n) is 7.48. The Balaban J connectivity index is 2.15. The van der Waals surface area contributed by atoms with E-state index in [2.05, 4.69) is 35.6 Å². The first-order valence-electron chi connectivity index (χ1n) is 4.57. The molecule has 1 nitrogen and oxygen atoms in total. The van der Waals surface area contributed by atoms with Gasteiger partial charge in [0.15, 0.2) is 3.77 Å². The van der Waals surface area contributed by atoms with Gasteiger partial charge < -0.3 is 4.42 Å². The molecule has 1 aromatic heterocycles. The van der Waals surface area contributed by atoms with Gasteiger partial charge in [0, 0.05) is 6.42 Å². The van der Waals surface area contributed by atoms with Crippen LogP contribution in [0, 0.1) is 3.77 Å². The average Bonchev–Trinajstić information content (AvgIpc) is 2.45. The second-order valence-electron chi connectivity index (χ2n) is 3.02. The predicted molar refractivity (Wildman–Crippen MR) is 59.3 cm³/mol. The third-order valence-corrected chi connectivity index (χ3v) is 2.49. The van der Waals surface area contributed by atoms with Crippen LogP contribution in [-0.2, 0) is 6.42 Å². The molecule has 1 rings (SSSR count). The minimum atomic E-state index is 0.998. The molecule has 0 atom stereocenters. The molecule has 2 heteroatoms. The number of unbranched alkanes of at least 4 members (excludes halogenated alkanes) is 3. The highest BCUT2D eigenvalue weighted by atomic mass is 127. The van der Waals surface area contributed by atoms with Crippen LogP contribution in [0.1, 0.15) is 38.4 Å². The summed E-state index contributed by atoms with van der Waals surface area (Å²) >= 11 is 2.20. The maximum atomic E-state index is 5.45. The molecule has 0 N–H and O–H groups in total. The summed E-state index contributed by atoms with van der Waals surface area (Å²) in [5.74, 6) is 1.13. The molecule has 0 aliphatic heterocycles. The summed E-state index contributed by atoms with van der Waals surface area (Å²) in [5.41, 5.74) is 0. The second-order valence-corrected chi connectivity index (χ2v) is 4.08. The van der Waals surface area contributed by atoms with Gasteiger partial charge in [0.1, 0.15) is 5.76 Å². The summed E-state index contributed by atoms with van der Waals surface area (Å²) in [6.45, 7) is 2.23. The molecule has 68 valence electrons. The first-order valence-corrected chi connectivity index (χ1v) is 5.65. The van der Waals surface area contributed by atoms with E-state index in [1.54, 1.807) is 0 Å². The van der Waals surface area contributed by atoms with Crippen molar-refractivity contribution in [3.63, 3.8) is 0 Å². The Bertz CT molecular complexity index is 217. The largest absolute Gasteiger partial charge is 0.455 e. The number of halogens is 1. The highest BCUT2D eigenvalue weighted by Gasteiger charge is 1.97. The molecule has 1 heterocycles. The number of furan rings is 1. The third-order valence-electron chi connectivity index (χ3n) is 1.91. The molecule has 0 saturated carbocycles. The maximum absolute atomic E-state index is 5.45. The van der Waals surface area contributed by atoms with Gasteiger partial charge in [-0.15, -0.1) is 0 Å². The van der Waals surface area contributed by atoms with Crippen LogP contribution in [0.15, 0.2) is 16.5 Å². The lowest BCUT2D eigenvalue weighted by molar-refractivity contribution is 0.473. The van der Waals surface area contributed by atoms with Crippen molar-refractivity contribution in [1.29, 1.82) is 0 Å². The molecular weight excluding hydrogens is 263 g/mol. The zero-order valence-corrected chi connectivity index (χ0v) is 9.63. The minimum Gasteiger partial charge on any atom is -0.455 e. The van der Waals surface area contributed by atoms with E-state index >= 15 is 0 Å². The highest BCUT2D eigenvalue weighted by molar-refractivity contribution is 14.1. The lowest BCUT2D eigenvalue weighted by atomic mass is 10.1. The van der Waals surface area contributed by atoms with Crippen LogP contribution in [0.2, 0.25) is 0 Å². The van der Waals surface area contributed by atoms with E-state index in [0.717, 1.165) is 15.9 Å². The fraction of sp³-hybridized carbons (Fsp3) is 0.600. The molecule has 0 spiro atoms. The molecule has 0 radical (unpaired) electrons. The quantitative estimate of drug-likeness (QED) is 0.586. The van der Waals surface area contributed by atoms with Crippen LogP contribution < -0.4 is 0 Å². The van der Waals surface area contributed by atoms with Gasteiger partial charge in [0.25, 0.3) is 0 Å². The van der Waals surface area contributed by atoms with Gasteiger partial charge >= 0.3 is 0 Å². The third kappa shape index (κ3) is 3.61. The molecule has 0 fully saturated rings. The smallest absolute Gasteiger partial charge is 0.163 e. The van der Waals surface area contributed by atoms with Crippen molar-refractivity contribution in [2.75, 3.05) is 0 Å². The Hall–Kier alpha value is 0.01000. The summed E-state index contributed by atoms with van der Waals surface area (Å²) in [5, 5.41) is 0. The van der Waals surface area contributed by atoms with Crippen LogP contribution in [0.4, 0.5) is 0 Å². The predicted octanol–water partition coefficient (Wildman–Crippen LogP) is 4.01. The molecule has 12 heavy (non-hydrogen) atoms. The van der Waals surface area contributed by atoms with E-state index < -0.39 is 0 Å². The van der Waals surface area contributed by atoms with Crippen LogP contribution in [0.5, 0.6) is 0 Å². The Morgan fingerprint density at radius 1 is 1.25 bits per heavy atom. The summed E-state index contributed by atoms with van der Waals surface area (Å²) in [6, 6.07) is 4.10. The Morgan fingerprint density at radius 3 is 2.67 bits per heavy atom. The second kappa shape index (κ2) is 5.62. The fourth-order valence-electron chi connectivity index (χ4n) is 1.21. The zero-order chi connectivity index (χ0) is 8.81. The minimum absolute atomic E-state index is 0.998. The van der Waals surface area contributed by atoms with Crippen molar-refractivity contribution < 1.29 is 4.42 Å². The van der Waals surface area contributed by atoms with Crippen LogP contribution in [-0.4, -0.2) is 0 Å². The number of aryl methyl sites for hydroxylation is 1. The van der Waals surface area contributed by atoms with E-state index in [0.29, 0.717) is 0 Å². The molecule has 0 aliphatic rings. The van der Waals surface area contributed by atoms with Gasteiger partial charge in [0.05, 0.1) is 0 Å². The Labute approximate surface area is 87.7 Å². The number of hydrogen-bond donors (Lipinski definition) is 0. The highest BCUT2D eigenvalue weighted by Crippen LogP contribution is 2.13. The first kappa shape index (κ1) is 10.1. The lowest BCUT2D eigenvalue weighted by Gasteiger charge is -1.95. The molecular formula is C10H15IO. The van der Waals surface area contributed by atoms with E-state index in [9.17, 15) is 0 Å². The summed E-state index contributed by atoms with van der Waals surface area (Å²) in [6.07, 6.45) is 6.34. The molecule has 1 aromatic rings. The van der Waals surface area contributed by atoms with Gasteiger partial charge in [-0.25, -0.2) is 0 Å². The number of rotatable bonds is 5. The molecule has 0 saturated heterocycles. The maximum Gasteiger partial charge on any atom is 0.163 e. The van der Waals surface area contributed by atoms with Crippen molar-refractivity contribution in [3.8, 4) is 0 Å². The van der Waals surface area contributed by atoms with Crippen molar-refractivity contribution in [1.82, 2.24) is 0 Å². The SMILES string of the molecule is CCCCCCc1ccc(I)o1. The van der Waals surface area contributed by atoms with Gasteiger partial charge in [-0.2, -0.15) is 0 Å². The van der Waals surface area contributed by atoms with Crippen molar-refractivity contribution in [3.05, 3.63) is 21.7 Å². The van der Waals surface area contributed by atoms with Gasteiger partial charge in [-0.1, -0.05) is 26.2 Å². The standard InChI is InChI=1S/C10H15IO/c1-2-3-4-5-6-9-7-8-10(11)12-9/h7-8H,2-6H2,1H3. The first-order chi connectivity index (χ1) is 5.83. The van der Waals surface area contributed by atoms with Gasteiger partial charge in [-0.3, -0.25) is 0 Å². The van der Waals surface area contributed by atoms with Crippen molar-refractivity contribution in [2.24, 2.45) is 0 Å². The van der Waals surface area contributed by atoms with E-state index in [1.165, 1.54) is 25.7 Å². The topological polar surface area (TPSA) is 13.1 Å². The van der Waals surface area contributed by atoms with Crippen LogP contribution in [0.3, 0.4) is 0 Å². The summed E-state index contributed by atoms with van der Waals surface area (Å²) in [4.78, 5) is 0. The molecule has 0 bridgehead atoms. The van der Waals surface area contributed by atoms with Crippen LogP contribution >= 0.6 is 22.6 Å². The van der Waals surface area contributed by atoms with E-state index in [-0.39, 0.29) is 0 Å². The van der Waals surface area contributed by atoms with E-state index in [1.807, 2.05) is 6.07 Å². The summed E-state index contributed by atoms with van der Waals surface area (Å²) < 4.78 is 6.45. The molecule has 0 unspecified atom stereocenters. The van der Waals surface area contributed by atoms with Gasteiger partial charge in [-0.05, 0) is 41.1 Å². The molecule has 0 aromatic carbocycles. The van der Waals surface area contributed by atoms with E-state index in [4.69, 9.17) is 4.42 Å². The van der Waals surface area contributed by atoms with Crippen LogP contribution in [0.25, 0.3) is 0 Å². The fourth-order valence-corrected chi connectivity index (χ4v) is 1.67. The average molecular weight is 278 g/mol. The molecule has 0 amide bonds. The number of hydrogen-bond acceptors (Lipinski definition) is 1. The Kier molecular flexibility index (Phi) is 4.73. The van der Waals surface area contributed by atoms with Gasteiger partial charge in [0.2, 0.25) is 0 Å². The lowest BCUT2D eigenvalue weighted by Crippen LogP contribution is -1.81. The Morgan fingerprint density at radius 2 is 2.08 bits per heavy atom. The summed E-state index contributed by atoms with van der Waals surface area (Å²) in [7, 11) is 0.